The van der Waals surface area contributed by atoms with Crippen molar-refractivity contribution < 1.29 is 56.2 Å². The number of phosphoric ester groups is 1. The number of benzene rings is 1. The number of nitrogens with zero attached hydrogens (tertiary/aromatic N) is 4. The number of esters is 2. The molecule has 300 valence electrons. The highest BCUT2D eigenvalue weighted by molar-refractivity contribution is 7.48. The summed E-state index contributed by atoms with van der Waals surface area (Å²) >= 11 is 0. The number of anilines is 1. The van der Waals surface area contributed by atoms with Crippen LogP contribution >= 0.6 is 7.82 Å². The molecule has 0 bridgehead atoms. The van der Waals surface area contributed by atoms with Crippen LogP contribution in [0.2, 0.25) is 0 Å². The van der Waals surface area contributed by atoms with Gasteiger partial charge in [-0.1, -0.05) is 32.9 Å². The second-order valence-corrected chi connectivity index (χ2v) is 17.9. The van der Waals surface area contributed by atoms with Gasteiger partial charge in [-0.3, -0.25) is 14.1 Å². The van der Waals surface area contributed by atoms with Crippen LogP contribution in [-0.2, 0) is 57.9 Å². The number of fused-ring (bicyclic) bond motifs is 1. The second-order valence-electron chi connectivity index (χ2n) is 16.3. The quantitative estimate of drug-likeness (QED) is 0.0910. The number of nitriles is 1. The van der Waals surface area contributed by atoms with Crippen molar-refractivity contribution in [3.05, 3.63) is 54.0 Å². The Hall–Kier alpha value is -4.75. The standard InChI is InChI=1S/C37H50N5O12P/c1-22(2)50-33(45)47-21-49-55(46,54-24-14-12-23(13-15-24)34(3,4)5)48-18-26-28(51-31(43)35(6,7)8)29(52-32(44)36(9,10)11)37(19-38,53-26)27-17-16-25-30(39)40-20-41-42(25)27/h12-17,20,22,26,28-29H,18,21H2,1-11H3,(H2,39,40,41)/t26-,28-,29-,37+,55?/m1/s1. The van der Waals surface area contributed by atoms with Crippen molar-refractivity contribution in [2.24, 2.45) is 10.8 Å². The van der Waals surface area contributed by atoms with Gasteiger partial charge in [-0.2, -0.15) is 10.4 Å². The monoisotopic (exact) mass is 787 g/mol. The molecule has 4 rings (SSSR count). The average molecular weight is 788 g/mol. The third-order valence-corrected chi connectivity index (χ3v) is 9.51. The fourth-order valence-electron chi connectivity index (χ4n) is 5.16. The second kappa shape index (κ2) is 16.2. The Labute approximate surface area is 320 Å². The summed E-state index contributed by atoms with van der Waals surface area (Å²) in [4.78, 5) is 43.1. The number of rotatable bonds is 12. The molecule has 1 unspecified atom stereocenters. The topological polar surface area (TPSA) is 222 Å². The van der Waals surface area contributed by atoms with Gasteiger partial charge in [-0.05, 0) is 90.6 Å². The van der Waals surface area contributed by atoms with Crippen LogP contribution in [0.15, 0.2) is 42.7 Å². The van der Waals surface area contributed by atoms with Crippen LogP contribution in [0, 0.1) is 22.2 Å². The number of hydrogen-bond acceptors (Lipinski definition) is 16. The van der Waals surface area contributed by atoms with Crippen molar-refractivity contribution in [3.63, 3.8) is 0 Å². The number of phosphoric acid groups is 1. The van der Waals surface area contributed by atoms with Crippen LogP contribution in [0.5, 0.6) is 5.75 Å². The first kappa shape index (κ1) is 43.0. The van der Waals surface area contributed by atoms with E-state index in [0.717, 1.165) is 11.9 Å². The molecule has 2 N–H and O–H groups in total. The van der Waals surface area contributed by atoms with E-state index in [4.69, 9.17) is 43.0 Å². The fourth-order valence-corrected chi connectivity index (χ4v) is 6.23. The maximum Gasteiger partial charge on any atom is 0.533 e. The summed E-state index contributed by atoms with van der Waals surface area (Å²) < 4.78 is 60.9. The highest BCUT2D eigenvalue weighted by Crippen LogP contribution is 2.52. The summed E-state index contributed by atoms with van der Waals surface area (Å²) in [6.45, 7) is 17.3. The van der Waals surface area contributed by atoms with E-state index in [1.165, 1.54) is 10.6 Å². The molecule has 0 saturated carbocycles. The molecule has 2 aromatic heterocycles. The van der Waals surface area contributed by atoms with Gasteiger partial charge in [-0.15, -0.1) is 0 Å². The lowest BCUT2D eigenvalue weighted by Crippen LogP contribution is -2.48. The smallest absolute Gasteiger partial charge is 0.455 e. The molecule has 3 heterocycles. The third-order valence-electron chi connectivity index (χ3n) is 8.19. The lowest BCUT2D eigenvalue weighted by atomic mass is 9.87. The van der Waals surface area contributed by atoms with Crippen LogP contribution in [0.3, 0.4) is 0 Å². The number of carbonyl (C=O) groups excluding carboxylic acids is 3. The van der Waals surface area contributed by atoms with Crippen molar-refractivity contribution in [2.45, 2.75) is 112 Å². The van der Waals surface area contributed by atoms with E-state index in [-0.39, 0.29) is 22.7 Å². The van der Waals surface area contributed by atoms with E-state index in [0.29, 0.717) is 5.52 Å². The molecule has 1 aliphatic rings. The van der Waals surface area contributed by atoms with Gasteiger partial charge in [0.25, 0.3) is 0 Å². The van der Waals surface area contributed by atoms with Crippen LogP contribution in [-0.4, -0.2) is 70.5 Å². The van der Waals surface area contributed by atoms with E-state index in [1.54, 1.807) is 85.7 Å². The lowest BCUT2D eigenvalue weighted by Gasteiger charge is -2.31. The Kier molecular flexibility index (Phi) is 12.6. The Morgan fingerprint density at radius 3 is 2.15 bits per heavy atom. The maximum absolute atomic E-state index is 14.3. The highest BCUT2D eigenvalue weighted by atomic mass is 31.2. The van der Waals surface area contributed by atoms with E-state index in [1.807, 2.05) is 20.8 Å². The summed E-state index contributed by atoms with van der Waals surface area (Å²) in [7, 11) is -4.75. The first-order chi connectivity index (χ1) is 25.4. The summed E-state index contributed by atoms with van der Waals surface area (Å²) in [6.07, 6.45) is -5.10. The van der Waals surface area contributed by atoms with Crippen molar-refractivity contribution in [3.8, 4) is 11.8 Å². The number of ether oxygens (including phenoxy) is 5. The summed E-state index contributed by atoms with van der Waals surface area (Å²) in [6, 6.07) is 11.8. The molecule has 1 fully saturated rings. The zero-order valence-electron chi connectivity index (χ0n) is 33.0. The van der Waals surface area contributed by atoms with Crippen LogP contribution < -0.4 is 10.3 Å². The molecule has 1 aliphatic heterocycles. The Morgan fingerprint density at radius 2 is 1.58 bits per heavy atom. The number of hydrogen-bond donors (Lipinski definition) is 1. The number of carbonyl (C=O) groups is 3. The molecular weight excluding hydrogens is 737 g/mol. The molecule has 0 aliphatic carbocycles. The first-order valence-electron chi connectivity index (χ1n) is 17.5. The molecule has 0 amide bonds. The van der Waals surface area contributed by atoms with Crippen molar-refractivity contribution in [1.82, 2.24) is 14.6 Å². The van der Waals surface area contributed by atoms with Crippen LogP contribution in [0.1, 0.15) is 87.4 Å². The molecule has 55 heavy (non-hydrogen) atoms. The SMILES string of the molecule is CC(C)OC(=O)OCOP(=O)(OC[C@H]1O[C@@](C#N)(c2ccc3c(N)ncnn23)[C@H](OC(=O)C(C)(C)C)[C@@H]1OC(=O)C(C)(C)C)Oc1ccc(C(C)(C)C)cc1. The minimum Gasteiger partial charge on any atom is -0.455 e. The van der Waals surface area contributed by atoms with E-state index in [2.05, 4.69) is 16.2 Å². The predicted molar refractivity (Wildman–Crippen MR) is 196 cm³/mol. The minimum absolute atomic E-state index is 0.0526. The Balaban J connectivity index is 1.79. The van der Waals surface area contributed by atoms with Crippen LogP contribution in [0.25, 0.3) is 5.52 Å². The van der Waals surface area contributed by atoms with Gasteiger partial charge in [-0.25, -0.2) is 23.4 Å². The third kappa shape index (κ3) is 10.1. The van der Waals surface area contributed by atoms with Gasteiger partial charge >= 0.3 is 25.9 Å². The molecule has 3 aromatic rings. The fraction of sp³-hybridized carbons (Fsp3) is 0.568. The van der Waals surface area contributed by atoms with Crippen molar-refractivity contribution in [1.29, 1.82) is 5.26 Å². The van der Waals surface area contributed by atoms with E-state index >= 15 is 0 Å². The van der Waals surface area contributed by atoms with Crippen molar-refractivity contribution >= 4 is 37.3 Å². The molecule has 5 atom stereocenters. The Bertz CT molecular complexity index is 1960. The van der Waals surface area contributed by atoms with Gasteiger partial charge in [0.2, 0.25) is 12.4 Å². The van der Waals surface area contributed by atoms with Crippen LogP contribution in [0.4, 0.5) is 10.6 Å². The van der Waals surface area contributed by atoms with Crippen molar-refractivity contribution in [2.75, 3.05) is 19.1 Å². The molecule has 1 aromatic carbocycles. The van der Waals surface area contributed by atoms with Gasteiger partial charge in [0.05, 0.1) is 29.2 Å². The molecule has 17 nitrogen and oxygen atoms in total. The zero-order valence-corrected chi connectivity index (χ0v) is 33.9. The molecule has 0 spiro atoms. The summed E-state index contributed by atoms with van der Waals surface area (Å²) in [5.41, 5.74) is 2.82. The minimum atomic E-state index is -4.75. The van der Waals surface area contributed by atoms with Gasteiger partial charge < -0.3 is 33.9 Å². The normalized spacial score (nSPS) is 21.4. The van der Waals surface area contributed by atoms with Gasteiger partial charge in [0, 0.05) is 0 Å². The van der Waals surface area contributed by atoms with E-state index in [9.17, 15) is 24.2 Å². The number of nitrogens with two attached hydrogens (primary N) is 1. The molecular formula is C37H50N5O12P. The summed E-state index contributed by atoms with van der Waals surface area (Å²) in [5, 5.41) is 15.2. The molecule has 0 radical (unpaired) electrons. The molecule has 18 heteroatoms. The Morgan fingerprint density at radius 1 is 0.964 bits per heavy atom. The van der Waals surface area contributed by atoms with Gasteiger partial charge in [0.1, 0.15) is 29.8 Å². The number of aromatic nitrogens is 3. The highest BCUT2D eigenvalue weighted by Gasteiger charge is 2.63. The largest absolute Gasteiger partial charge is 0.533 e. The van der Waals surface area contributed by atoms with E-state index < -0.39 is 80.2 Å². The zero-order chi connectivity index (χ0) is 41.1. The predicted octanol–water partition coefficient (Wildman–Crippen LogP) is 6.38. The summed E-state index contributed by atoms with van der Waals surface area (Å²) in [5.74, 6) is -1.34. The number of nitrogen functional groups attached to an aromatic ring is 1. The molecule has 1 saturated heterocycles. The maximum atomic E-state index is 14.3. The van der Waals surface area contributed by atoms with Gasteiger partial charge in [0.15, 0.2) is 18.0 Å². The average Bonchev–Trinajstić information content (AvgIpc) is 3.63. The first-order valence-corrected chi connectivity index (χ1v) is 19.0. The lowest BCUT2D eigenvalue weighted by molar-refractivity contribution is -0.179.